The van der Waals surface area contributed by atoms with Crippen LogP contribution in [0.25, 0.3) is 0 Å². The molecule has 18 heavy (non-hydrogen) atoms. The van der Waals surface area contributed by atoms with Crippen LogP contribution < -0.4 is 15.8 Å². The van der Waals surface area contributed by atoms with Crippen molar-refractivity contribution < 1.29 is 4.74 Å². The first-order chi connectivity index (χ1) is 8.54. The number of hydrogen-bond donors (Lipinski definition) is 2. The van der Waals surface area contributed by atoms with Gasteiger partial charge in [-0.2, -0.15) is 0 Å². The van der Waals surface area contributed by atoms with Crippen molar-refractivity contribution in [3.63, 3.8) is 0 Å². The molecule has 1 aromatic rings. The van der Waals surface area contributed by atoms with Gasteiger partial charge in [0.2, 0.25) is 0 Å². The predicted molar refractivity (Wildman–Crippen MR) is 77.0 cm³/mol. The number of nitrogens with two attached hydrogens (primary N) is 1. The normalized spacial score (nSPS) is 23.3. The first-order valence-corrected chi connectivity index (χ1v) is 6.87. The molecular formula is C15H24N2O. The number of benzene rings is 1. The minimum Gasteiger partial charge on any atom is -0.489 e. The van der Waals surface area contributed by atoms with E-state index in [1.165, 1.54) is 19.3 Å². The standard InChI is InChI=1S/C15H24N2O/c1-10(2)18-15-9-13(6-7-14(15)16)17-12-5-4-11(3)8-12/h6-7,9-12,17H,4-5,8,16H2,1-3H3. The van der Waals surface area contributed by atoms with Gasteiger partial charge in [-0.25, -0.2) is 0 Å². The molecule has 0 aliphatic heterocycles. The third-order valence-electron chi connectivity index (χ3n) is 3.44. The molecule has 0 saturated heterocycles. The Morgan fingerprint density at radius 2 is 2.11 bits per heavy atom. The summed E-state index contributed by atoms with van der Waals surface area (Å²) in [6.45, 7) is 6.34. The van der Waals surface area contributed by atoms with Crippen molar-refractivity contribution in [1.82, 2.24) is 0 Å². The third kappa shape index (κ3) is 3.31. The molecule has 3 heteroatoms. The molecule has 0 radical (unpaired) electrons. The average molecular weight is 248 g/mol. The summed E-state index contributed by atoms with van der Waals surface area (Å²) in [6, 6.07) is 6.55. The number of anilines is 2. The molecule has 0 bridgehead atoms. The molecule has 2 rings (SSSR count). The van der Waals surface area contributed by atoms with Gasteiger partial charge < -0.3 is 15.8 Å². The molecule has 0 spiro atoms. The lowest BCUT2D eigenvalue weighted by Gasteiger charge is -2.17. The summed E-state index contributed by atoms with van der Waals surface area (Å²) < 4.78 is 5.71. The van der Waals surface area contributed by atoms with Crippen molar-refractivity contribution in [3.05, 3.63) is 18.2 Å². The minimum absolute atomic E-state index is 0.147. The molecule has 1 saturated carbocycles. The highest BCUT2D eigenvalue weighted by Crippen LogP contribution is 2.31. The zero-order valence-electron chi connectivity index (χ0n) is 11.6. The number of rotatable bonds is 4. The van der Waals surface area contributed by atoms with Crippen molar-refractivity contribution in [3.8, 4) is 5.75 Å². The molecule has 1 aromatic carbocycles. The fraction of sp³-hybridized carbons (Fsp3) is 0.600. The summed E-state index contributed by atoms with van der Waals surface area (Å²) in [7, 11) is 0. The Morgan fingerprint density at radius 3 is 2.72 bits per heavy atom. The van der Waals surface area contributed by atoms with E-state index in [1.54, 1.807) is 0 Å². The van der Waals surface area contributed by atoms with E-state index >= 15 is 0 Å². The molecular weight excluding hydrogens is 224 g/mol. The quantitative estimate of drug-likeness (QED) is 0.799. The maximum atomic E-state index is 5.92. The Hall–Kier alpha value is -1.38. The molecule has 0 heterocycles. The summed E-state index contributed by atoms with van der Waals surface area (Å²) in [5.41, 5.74) is 7.73. The van der Waals surface area contributed by atoms with Crippen LogP contribution in [0.1, 0.15) is 40.0 Å². The van der Waals surface area contributed by atoms with Gasteiger partial charge in [-0.15, -0.1) is 0 Å². The summed E-state index contributed by atoms with van der Waals surface area (Å²) >= 11 is 0. The topological polar surface area (TPSA) is 47.3 Å². The summed E-state index contributed by atoms with van der Waals surface area (Å²) in [4.78, 5) is 0. The second-order valence-electron chi connectivity index (χ2n) is 5.68. The molecule has 1 aliphatic rings. The molecule has 2 unspecified atom stereocenters. The Kier molecular flexibility index (Phi) is 4.00. The lowest BCUT2D eigenvalue weighted by atomic mass is 10.1. The highest BCUT2D eigenvalue weighted by Gasteiger charge is 2.21. The van der Waals surface area contributed by atoms with E-state index in [0.29, 0.717) is 11.7 Å². The second kappa shape index (κ2) is 5.51. The van der Waals surface area contributed by atoms with Crippen molar-refractivity contribution in [2.75, 3.05) is 11.1 Å². The van der Waals surface area contributed by atoms with Crippen LogP contribution in [0, 0.1) is 5.92 Å². The fourth-order valence-corrected chi connectivity index (χ4v) is 2.55. The number of hydrogen-bond acceptors (Lipinski definition) is 3. The largest absolute Gasteiger partial charge is 0.489 e. The van der Waals surface area contributed by atoms with Crippen LogP contribution in [0.5, 0.6) is 5.75 Å². The second-order valence-corrected chi connectivity index (χ2v) is 5.68. The Labute approximate surface area is 110 Å². The van der Waals surface area contributed by atoms with Gasteiger partial charge in [0.05, 0.1) is 11.8 Å². The number of nitrogen functional groups attached to an aromatic ring is 1. The Balaban J connectivity index is 2.04. The summed E-state index contributed by atoms with van der Waals surface area (Å²) in [6.07, 6.45) is 3.98. The van der Waals surface area contributed by atoms with Crippen LogP contribution >= 0.6 is 0 Å². The summed E-state index contributed by atoms with van der Waals surface area (Å²) in [5, 5.41) is 3.58. The molecule has 0 aromatic heterocycles. The van der Waals surface area contributed by atoms with Gasteiger partial charge in [0, 0.05) is 17.8 Å². The first kappa shape index (κ1) is 13.1. The molecule has 1 aliphatic carbocycles. The van der Waals surface area contributed by atoms with Crippen molar-refractivity contribution in [1.29, 1.82) is 0 Å². The maximum absolute atomic E-state index is 5.92. The van der Waals surface area contributed by atoms with E-state index < -0.39 is 0 Å². The van der Waals surface area contributed by atoms with Gasteiger partial charge in [-0.1, -0.05) is 6.92 Å². The third-order valence-corrected chi connectivity index (χ3v) is 3.44. The smallest absolute Gasteiger partial charge is 0.144 e. The summed E-state index contributed by atoms with van der Waals surface area (Å²) in [5.74, 6) is 1.61. The predicted octanol–water partition coefficient (Wildman–Crippen LogP) is 3.66. The average Bonchev–Trinajstić information content (AvgIpc) is 2.68. The Bertz CT molecular complexity index is 403. The minimum atomic E-state index is 0.147. The lowest BCUT2D eigenvalue weighted by molar-refractivity contribution is 0.244. The van der Waals surface area contributed by atoms with Crippen molar-refractivity contribution >= 4 is 11.4 Å². The van der Waals surface area contributed by atoms with Gasteiger partial charge in [0.25, 0.3) is 0 Å². The van der Waals surface area contributed by atoms with E-state index in [0.717, 1.165) is 17.4 Å². The SMILES string of the molecule is CC1CCC(Nc2ccc(N)c(OC(C)C)c2)C1. The number of ether oxygens (including phenoxy) is 1. The van der Waals surface area contributed by atoms with Crippen LogP contribution in [-0.2, 0) is 0 Å². The molecule has 3 N–H and O–H groups in total. The van der Waals surface area contributed by atoms with E-state index in [4.69, 9.17) is 10.5 Å². The fourth-order valence-electron chi connectivity index (χ4n) is 2.55. The van der Waals surface area contributed by atoms with E-state index in [9.17, 15) is 0 Å². The van der Waals surface area contributed by atoms with Gasteiger partial charge >= 0.3 is 0 Å². The van der Waals surface area contributed by atoms with Crippen LogP contribution in [0.15, 0.2) is 18.2 Å². The van der Waals surface area contributed by atoms with E-state index in [-0.39, 0.29) is 6.10 Å². The lowest BCUT2D eigenvalue weighted by Crippen LogP contribution is -2.15. The van der Waals surface area contributed by atoms with Crippen LogP contribution in [0.4, 0.5) is 11.4 Å². The van der Waals surface area contributed by atoms with Gasteiger partial charge in [0.15, 0.2) is 0 Å². The van der Waals surface area contributed by atoms with Gasteiger partial charge in [0.1, 0.15) is 5.75 Å². The monoisotopic (exact) mass is 248 g/mol. The van der Waals surface area contributed by atoms with Gasteiger partial charge in [-0.3, -0.25) is 0 Å². The van der Waals surface area contributed by atoms with Crippen molar-refractivity contribution in [2.45, 2.75) is 52.2 Å². The highest BCUT2D eigenvalue weighted by molar-refractivity contribution is 5.61. The van der Waals surface area contributed by atoms with Gasteiger partial charge in [-0.05, 0) is 51.2 Å². The number of nitrogens with one attached hydrogen (secondary N) is 1. The van der Waals surface area contributed by atoms with Crippen molar-refractivity contribution in [2.24, 2.45) is 5.92 Å². The molecule has 2 atom stereocenters. The molecule has 0 amide bonds. The van der Waals surface area contributed by atoms with Crippen LogP contribution in [0.2, 0.25) is 0 Å². The zero-order valence-corrected chi connectivity index (χ0v) is 11.6. The zero-order chi connectivity index (χ0) is 13.1. The highest BCUT2D eigenvalue weighted by atomic mass is 16.5. The molecule has 100 valence electrons. The van der Waals surface area contributed by atoms with Crippen LogP contribution in [0.3, 0.4) is 0 Å². The maximum Gasteiger partial charge on any atom is 0.144 e. The molecule has 1 fully saturated rings. The molecule has 3 nitrogen and oxygen atoms in total. The Morgan fingerprint density at radius 1 is 1.33 bits per heavy atom. The van der Waals surface area contributed by atoms with Crippen LogP contribution in [-0.4, -0.2) is 12.1 Å². The van der Waals surface area contributed by atoms with E-state index in [1.807, 2.05) is 32.0 Å². The first-order valence-electron chi connectivity index (χ1n) is 6.87. The van der Waals surface area contributed by atoms with E-state index in [2.05, 4.69) is 12.2 Å².